The number of carbonyl (C=O) groups excluding carboxylic acids is 1. The normalized spacial score (nSPS) is 10.7. The number of carbonyl (C=O) groups is 1. The van der Waals surface area contributed by atoms with Crippen LogP contribution in [0.15, 0.2) is 65.1 Å². The topological polar surface area (TPSA) is 76.4 Å². The van der Waals surface area contributed by atoms with Gasteiger partial charge in [-0.1, -0.05) is 29.8 Å². The Hall–Kier alpha value is -3.80. The molecule has 1 heterocycles. The van der Waals surface area contributed by atoms with Gasteiger partial charge < -0.3 is 19.8 Å². The summed E-state index contributed by atoms with van der Waals surface area (Å²) in [5, 5.41) is 5.72. The Kier molecular flexibility index (Phi) is 4.91. The van der Waals surface area contributed by atoms with Gasteiger partial charge >= 0.3 is 6.03 Å². The summed E-state index contributed by atoms with van der Waals surface area (Å²) < 4.78 is 11.2. The minimum Gasteiger partial charge on any atom is -0.495 e. The highest BCUT2D eigenvalue weighted by molar-refractivity contribution is 6.01. The van der Waals surface area contributed by atoms with Crippen LogP contribution < -0.4 is 15.4 Å². The molecule has 6 nitrogen and oxygen atoms in total. The van der Waals surface area contributed by atoms with Crippen LogP contribution in [0.2, 0.25) is 0 Å². The van der Waals surface area contributed by atoms with E-state index >= 15 is 0 Å². The number of anilines is 2. The van der Waals surface area contributed by atoms with E-state index in [0.29, 0.717) is 22.9 Å². The predicted octanol–water partition coefficient (Wildman–Crippen LogP) is 5.76. The fraction of sp³-hybridized carbons (Fsp3) is 0.130. The molecule has 1 aromatic heterocycles. The fourth-order valence-corrected chi connectivity index (χ4v) is 3.16. The summed E-state index contributed by atoms with van der Waals surface area (Å²) >= 11 is 0. The second-order valence-electron chi connectivity index (χ2n) is 6.80. The van der Waals surface area contributed by atoms with Gasteiger partial charge in [0.25, 0.3) is 0 Å². The molecule has 0 spiro atoms. The SMILES string of the molecule is COc1ccc(-c2nc3ccccc3o2)cc1NC(=O)Nc1ccc(C)cc1C. The van der Waals surface area contributed by atoms with Gasteiger partial charge in [0.1, 0.15) is 11.3 Å². The number of nitrogens with zero attached hydrogens (tertiary/aromatic N) is 1. The summed E-state index contributed by atoms with van der Waals surface area (Å²) in [4.78, 5) is 17.1. The number of para-hydroxylation sites is 2. The minimum absolute atomic E-state index is 0.357. The van der Waals surface area contributed by atoms with Gasteiger partial charge in [-0.2, -0.15) is 0 Å². The average molecular weight is 387 g/mol. The van der Waals surface area contributed by atoms with E-state index in [9.17, 15) is 4.79 Å². The molecule has 29 heavy (non-hydrogen) atoms. The summed E-state index contributed by atoms with van der Waals surface area (Å²) in [6.07, 6.45) is 0. The van der Waals surface area contributed by atoms with Crippen LogP contribution in [0.1, 0.15) is 11.1 Å². The largest absolute Gasteiger partial charge is 0.495 e. The summed E-state index contributed by atoms with van der Waals surface area (Å²) in [5.41, 5.74) is 5.63. The molecule has 0 radical (unpaired) electrons. The molecule has 0 bridgehead atoms. The number of hydrogen-bond donors (Lipinski definition) is 2. The van der Waals surface area contributed by atoms with Crippen LogP contribution in [0.5, 0.6) is 5.75 Å². The highest BCUT2D eigenvalue weighted by Gasteiger charge is 2.14. The van der Waals surface area contributed by atoms with Crippen molar-refractivity contribution in [1.29, 1.82) is 0 Å². The third-order valence-corrected chi connectivity index (χ3v) is 4.62. The highest BCUT2D eigenvalue weighted by Crippen LogP contribution is 2.32. The lowest BCUT2D eigenvalue weighted by Crippen LogP contribution is -2.20. The monoisotopic (exact) mass is 387 g/mol. The van der Waals surface area contributed by atoms with E-state index in [-0.39, 0.29) is 6.03 Å². The van der Waals surface area contributed by atoms with Crippen molar-refractivity contribution in [2.45, 2.75) is 13.8 Å². The molecule has 2 amide bonds. The van der Waals surface area contributed by atoms with Crippen LogP contribution in [-0.4, -0.2) is 18.1 Å². The number of rotatable bonds is 4. The summed E-state index contributed by atoms with van der Waals surface area (Å²) in [5.74, 6) is 1.02. The molecule has 6 heteroatoms. The number of amides is 2. The Morgan fingerprint density at radius 3 is 2.52 bits per heavy atom. The smallest absolute Gasteiger partial charge is 0.323 e. The molecule has 0 aliphatic heterocycles. The molecule has 0 aliphatic rings. The zero-order chi connectivity index (χ0) is 20.4. The quantitative estimate of drug-likeness (QED) is 0.466. The van der Waals surface area contributed by atoms with E-state index in [4.69, 9.17) is 9.15 Å². The molecular formula is C23H21N3O3. The van der Waals surface area contributed by atoms with Gasteiger partial charge in [0, 0.05) is 11.3 Å². The second-order valence-corrected chi connectivity index (χ2v) is 6.80. The molecule has 3 aromatic carbocycles. The lowest BCUT2D eigenvalue weighted by atomic mass is 10.1. The number of methoxy groups -OCH3 is 1. The van der Waals surface area contributed by atoms with Crippen molar-refractivity contribution in [2.75, 3.05) is 17.7 Å². The van der Waals surface area contributed by atoms with Crippen LogP contribution in [0.3, 0.4) is 0 Å². The van der Waals surface area contributed by atoms with E-state index in [1.54, 1.807) is 19.2 Å². The maximum absolute atomic E-state index is 12.6. The predicted molar refractivity (Wildman–Crippen MR) is 115 cm³/mol. The van der Waals surface area contributed by atoms with Crippen molar-refractivity contribution >= 4 is 28.5 Å². The zero-order valence-electron chi connectivity index (χ0n) is 16.4. The standard InChI is InChI=1S/C23H21N3O3/c1-14-8-10-17(15(2)12-14)25-23(27)26-19-13-16(9-11-20(19)28-3)22-24-18-6-4-5-7-21(18)29-22/h4-13H,1-3H3,(H2,25,26,27). The zero-order valence-corrected chi connectivity index (χ0v) is 16.4. The molecular weight excluding hydrogens is 366 g/mol. The number of hydrogen-bond acceptors (Lipinski definition) is 4. The van der Waals surface area contributed by atoms with Crippen molar-refractivity contribution < 1.29 is 13.9 Å². The maximum atomic E-state index is 12.6. The van der Waals surface area contributed by atoms with Crippen LogP contribution in [-0.2, 0) is 0 Å². The van der Waals surface area contributed by atoms with Crippen LogP contribution >= 0.6 is 0 Å². The van der Waals surface area contributed by atoms with E-state index in [0.717, 1.165) is 27.9 Å². The van der Waals surface area contributed by atoms with E-state index < -0.39 is 0 Å². The number of oxazole rings is 1. The first kappa shape index (κ1) is 18.6. The molecule has 0 unspecified atom stereocenters. The van der Waals surface area contributed by atoms with Crippen LogP contribution in [0.25, 0.3) is 22.6 Å². The molecule has 0 saturated carbocycles. The van der Waals surface area contributed by atoms with Crippen molar-refractivity contribution in [3.8, 4) is 17.2 Å². The molecule has 4 rings (SSSR count). The lowest BCUT2D eigenvalue weighted by Gasteiger charge is -2.13. The van der Waals surface area contributed by atoms with Gasteiger partial charge in [-0.05, 0) is 55.8 Å². The molecule has 2 N–H and O–H groups in total. The van der Waals surface area contributed by atoms with Gasteiger partial charge in [-0.3, -0.25) is 0 Å². The maximum Gasteiger partial charge on any atom is 0.323 e. The van der Waals surface area contributed by atoms with E-state index in [2.05, 4.69) is 15.6 Å². The Morgan fingerprint density at radius 2 is 1.76 bits per heavy atom. The number of nitrogens with one attached hydrogen (secondary N) is 2. The van der Waals surface area contributed by atoms with Crippen molar-refractivity contribution in [1.82, 2.24) is 4.98 Å². The molecule has 0 fully saturated rings. The minimum atomic E-state index is -0.357. The Morgan fingerprint density at radius 1 is 0.966 bits per heavy atom. The summed E-state index contributed by atoms with van der Waals surface area (Å²) in [6, 6.07) is 18.5. The second kappa shape index (κ2) is 7.67. The van der Waals surface area contributed by atoms with Gasteiger partial charge in [0.15, 0.2) is 5.58 Å². The van der Waals surface area contributed by atoms with Crippen molar-refractivity contribution in [2.24, 2.45) is 0 Å². The van der Waals surface area contributed by atoms with Crippen LogP contribution in [0.4, 0.5) is 16.2 Å². The Bertz CT molecular complexity index is 1160. The number of aryl methyl sites for hydroxylation is 2. The van der Waals surface area contributed by atoms with Gasteiger partial charge in [-0.25, -0.2) is 9.78 Å². The van der Waals surface area contributed by atoms with Gasteiger partial charge in [-0.15, -0.1) is 0 Å². The average Bonchev–Trinajstić information content (AvgIpc) is 3.14. The molecule has 0 aliphatic carbocycles. The number of urea groups is 1. The Balaban J connectivity index is 1.60. The van der Waals surface area contributed by atoms with Gasteiger partial charge in [0.2, 0.25) is 5.89 Å². The summed E-state index contributed by atoms with van der Waals surface area (Å²) in [6.45, 7) is 3.97. The summed E-state index contributed by atoms with van der Waals surface area (Å²) in [7, 11) is 1.56. The number of aromatic nitrogens is 1. The Labute approximate surface area is 168 Å². The first-order valence-corrected chi connectivity index (χ1v) is 9.23. The van der Waals surface area contributed by atoms with Crippen molar-refractivity contribution in [3.05, 3.63) is 71.8 Å². The third kappa shape index (κ3) is 3.91. The number of fused-ring (bicyclic) bond motifs is 1. The first-order chi connectivity index (χ1) is 14.0. The molecule has 146 valence electrons. The molecule has 0 saturated heterocycles. The van der Waals surface area contributed by atoms with E-state index in [1.165, 1.54) is 0 Å². The number of ether oxygens (including phenoxy) is 1. The number of benzene rings is 3. The highest BCUT2D eigenvalue weighted by atomic mass is 16.5. The third-order valence-electron chi connectivity index (χ3n) is 4.62. The molecule has 4 aromatic rings. The van der Waals surface area contributed by atoms with E-state index in [1.807, 2.05) is 62.4 Å². The van der Waals surface area contributed by atoms with Gasteiger partial charge in [0.05, 0.1) is 12.8 Å². The first-order valence-electron chi connectivity index (χ1n) is 9.23. The molecule has 0 atom stereocenters. The fourth-order valence-electron chi connectivity index (χ4n) is 3.16. The van der Waals surface area contributed by atoms with Crippen LogP contribution in [0, 0.1) is 13.8 Å². The van der Waals surface area contributed by atoms with Crippen molar-refractivity contribution in [3.63, 3.8) is 0 Å². The lowest BCUT2D eigenvalue weighted by molar-refractivity contribution is 0.262.